The van der Waals surface area contributed by atoms with Crippen LogP contribution in [-0.4, -0.2) is 50.3 Å². The highest BCUT2D eigenvalue weighted by atomic mass is 16.5. The Kier molecular flexibility index (Phi) is 16.1. The van der Waals surface area contributed by atoms with Gasteiger partial charge in [-0.3, -0.25) is 4.48 Å². The minimum absolute atomic E-state index is 0.345. The molecule has 2 rings (SSSR count). The molecule has 2 aliphatic heterocycles. The van der Waals surface area contributed by atoms with Gasteiger partial charge in [-0.05, 0) is 38.0 Å². The Morgan fingerprint density at radius 2 is 1.48 bits per heavy atom. The Hall–Kier alpha value is -0.710. The van der Waals surface area contributed by atoms with Crippen LogP contribution in [0.5, 0.6) is 0 Å². The zero-order valence-corrected chi connectivity index (χ0v) is 22.2. The van der Waals surface area contributed by atoms with E-state index in [0.717, 1.165) is 36.8 Å². The molecule has 0 radical (unpaired) electrons. The van der Waals surface area contributed by atoms with Gasteiger partial charge in [0.15, 0.2) is 6.34 Å². The van der Waals surface area contributed by atoms with Crippen LogP contribution in [0.25, 0.3) is 0 Å². The summed E-state index contributed by atoms with van der Waals surface area (Å²) in [6.45, 7) is 6.09. The van der Waals surface area contributed by atoms with E-state index in [-0.39, 0.29) is 0 Å². The van der Waals surface area contributed by atoms with Crippen LogP contribution in [0.3, 0.4) is 0 Å². The Labute approximate surface area is 205 Å². The molecule has 3 unspecified atom stereocenters. The normalized spacial score (nSPS) is 24.3. The van der Waals surface area contributed by atoms with Gasteiger partial charge < -0.3 is 9.47 Å². The van der Waals surface area contributed by atoms with Crippen LogP contribution < -0.4 is 0 Å². The Morgan fingerprint density at radius 3 is 2.15 bits per heavy atom. The number of aliphatic imine (C=N–C) groups is 1. The fourth-order valence-corrected chi connectivity index (χ4v) is 5.15. The van der Waals surface area contributed by atoms with Crippen LogP contribution in [0, 0.1) is 5.92 Å². The van der Waals surface area contributed by atoms with Gasteiger partial charge >= 0.3 is 0 Å². The van der Waals surface area contributed by atoms with Gasteiger partial charge in [-0.1, -0.05) is 90.4 Å². The van der Waals surface area contributed by atoms with Crippen molar-refractivity contribution < 1.29 is 14.0 Å². The second-order valence-corrected chi connectivity index (χ2v) is 10.9. The maximum atomic E-state index is 5.99. The molecule has 1 fully saturated rings. The molecule has 0 spiro atoms. The van der Waals surface area contributed by atoms with E-state index in [4.69, 9.17) is 9.47 Å². The van der Waals surface area contributed by atoms with Crippen LogP contribution in [0.1, 0.15) is 122 Å². The summed E-state index contributed by atoms with van der Waals surface area (Å²) in [6.07, 6.45) is 31.1. The fourth-order valence-electron chi connectivity index (χ4n) is 5.15. The van der Waals surface area contributed by atoms with E-state index in [1.54, 1.807) is 0 Å². The van der Waals surface area contributed by atoms with Gasteiger partial charge in [0, 0.05) is 13.2 Å². The molecule has 3 atom stereocenters. The van der Waals surface area contributed by atoms with E-state index >= 15 is 0 Å². The Morgan fingerprint density at radius 1 is 0.848 bits per heavy atom. The van der Waals surface area contributed by atoms with E-state index in [1.807, 2.05) is 12.5 Å². The van der Waals surface area contributed by atoms with E-state index in [2.05, 4.69) is 25.2 Å². The second-order valence-electron chi connectivity index (χ2n) is 10.9. The first kappa shape index (κ1) is 28.5. The monoisotopic (exact) mass is 463 g/mol. The van der Waals surface area contributed by atoms with Crippen molar-refractivity contribution in [1.82, 2.24) is 0 Å². The van der Waals surface area contributed by atoms with Gasteiger partial charge in [0.1, 0.15) is 6.20 Å². The highest BCUT2D eigenvalue weighted by Crippen LogP contribution is 2.25. The lowest BCUT2D eigenvalue weighted by molar-refractivity contribution is -0.756. The third-order valence-corrected chi connectivity index (χ3v) is 7.44. The maximum absolute atomic E-state index is 5.99. The van der Waals surface area contributed by atoms with Crippen molar-refractivity contribution in [3.63, 3.8) is 0 Å². The van der Waals surface area contributed by atoms with Gasteiger partial charge in [-0.25, -0.2) is 4.99 Å². The standard InChI is InChI=1S/C29H55N2O2/c1-3-4-5-6-7-8-9-10-11-12-13-16-19-28-24-29(33-25-28)26-32-23-18-15-14-17-21-31(2)22-20-30-27-31/h20,22,27-29H,3-19,21,23-26H2,1-2H3/q+1. The maximum Gasteiger partial charge on any atom is 0.194 e. The van der Waals surface area contributed by atoms with Crippen LogP contribution in [0.15, 0.2) is 17.4 Å². The number of unbranched alkanes of at least 4 members (excludes halogenated alkanes) is 14. The molecule has 0 amide bonds. The molecule has 4 heteroatoms. The van der Waals surface area contributed by atoms with E-state index in [1.165, 1.54) is 116 Å². The van der Waals surface area contributed by atoms with Crippen molar-refractivity contribution in [2.45, 2.75) is 129 Å². The molecule has 0 aliphatic carbocycles. The molecular weight excluding hydrogens is 408 g/mol. The van der Waals surface area contributed by atoms with Crippen molar-refractivity contribution in [3.8, 4) is 0 Å². The first-order chi connectivity index (χ1) is 16.2. The topological polar surface area (TPSA) is 30.8 Å². The van der Waals surface area contributed by atoms with Crippen molar-refractivity contribution in [1.29, 1.82) is 0 Å². The predicted molar refractivity (Wildman–Crippen MR) is 142 cm³/mol. The summed E-state index contributed by atoms with van der Waals surface area (Å²) in [4.78, 5) is 4.20. The highest BCUT2D eigenvalue weighted by molar-refractivity contribution is 5.50. The molecule has 0 saturated carbocycles. The van der Waals surface area contributed by atoms with Gasteiger partial charge in [-0.15, -0.1) is 0 Å². The molecule has 0 N–H and O–H groups in total. The summed E-state index contributed by atoms with van der Waals surface area (Å²) in [5.41, 5.74) is 0. The summed E-state index contributed by atoms with van der Waals surface area (Å²) in [5.74, 6) is 0.773. The third-order valence-electron chi connectivity index (χ3n) is 7.44. The van der Waals surface area contributed by atoms with Crippen LogP contribution in [0.2, 0.25) is 0 Å². The van der Waals surface area contributed by atoms with Crippen LogP contribution >= 0.6 is 0 Å². The van der Waals surface area contributed by atoms with Crippen molar-refractivity contribution in [3.05, 3.63) is 12.4 Å². The van der Waals surface area contributed by atoms with E-state index in [0.29, 0.717) is 6.10 Å². The number of ether oxygens (including phenoxy) is 2. The second kappa shape index (κ2) is 18.6. The van der Waals surface area contributed by atoms with E-state index in [9.17, 15) is 0 Å². The van der Waals surface area contributed by atoms with E-state index < -0.39 is 0 Å². The van der Waals surface area contributed by atoms with Crippen molar-refractivity contribution in [2.24, 2.45) is 10.9 Å². The number of quaternary nitrogens is 1. The molecule has 2 heterocycles. The first-order valence-corrected chi connectivity index (χ1v) is 14.5. The quantitative estimate of drug-likeness (QED) is 0.120. The van der Waals surface area contributed by atoms with Gasteiger partial charge in [0.05, 0.1) is 32.5 Å². The lowest BCUT2D eigenvalue weighted by Gasteiger charge is -2.21. The SMILES string of the molecule is CCCCCCCCCCCCCCC1COC(COCCCCCC[N+]2(C)C=CN=C2)C1. The minimum Gasteiger partial charge on any atom is -0.379 e. The number of nitrogens with zero attached hydrogens (tertiary/aromatic N) is 2. The van der Waals surface area contributed by atoms with Gasteiger partial charge in [0.25, 0.3) is 0 Å². The van der Waals surface area contributed by atoms with Crippen molar-refractivity contribution >= 4 is 6.34 Å². The summed E-state index contributed by atoms with van der Waals surface area (Å²) in [5, 5.41) is 0. The Bertz CT molecular complexity index is 508. The summed E-state index contributed by atoms with van der Waals surface area (Å²) in [6, 6.07) is 0. The summed E-state index contributed by atoms with van der Waals surface area (Å²) >= 11 is 0. The Balaban J connectivity index is 1.29. The first-order valence-electron chi connectivity index (χ1n) is 14.5. The molecule has 0 aromatic heterocycles. The largest absolute Gasteiger partial charge is 0.379 e. The molecule has 2 aliphatic rings. The average Bonchev–Trinajstić information content (AvgIpc) is 3.45. The van der Waals surface area contributed by atoms with Gasteiger partial charge in [-0.2, -0.15) is 0 Å². The summed E-state index contributed by atoms with van der Waals surface area (Å²) < 4.78 is 12.8. The molecule has 192 valence electrons. The molecule has 0 aromatic rings. The molecule has 0 bridgehead atoms. The molecule has 4 nitrogen and oxygen atoms in total. The predicted octanol–water partition coefficient (Wildman–Crippen LogP) is 8.02. The third kappa shape index (κ3) is 14.3. The van der Waals surface area contributed by atoms with Gasteiger partial charge in [0.2, 0.25) is 0 Å². The zero-order chi connectivity index (χ0) is 23.5. The molecule has 0 aromatic carbocycles. The average molecular weight is 464 g/mol. The number of hydrogen-bond donors (Lipinski definition) is 0. The highest BCUT2D eigenvalue weighted by Gasteiger charge is 2.25. The lowest BCUT2D eigenvalue weighted by Crippen LogP contribution is -2.35. The molecule has 33 heavy (non-hydrogen) atoms. The summed E-state index contributed by atoms with van der Waals surface area (Å²) in [7, 11) is 2.21. The zero-order valence-electron chi connectivity index (χ0n) is 22.2. The van der Waals surface area contributed by atoms with Crippen LogP contribution in [0.4, 0.5) is 0 Å². The fraction of sp³-hybridized carbons (Fsp3) is 0.897. The van der Waals surface area contributed by atoms with Crippen molar-refractivity contribution in [2.75, 3.05) is 33.4 Å². The molecular formula is C29H55N2O2+. The number of rotatable bonds is 22. The number of hydrogen-bond acceptors (Lipinski definition) is 3. The molecule has 1 saturated heterocycles. The lowest BCUT2D eigenvalue weighted by atomic mass is 9.97. The smallest absolute Gasteiger partial charge is 0.194 e. The minimum atomic E-state index is 0.345. The van der Waals surface area contributed by atoms with Crippen LogP contribution in [-0.2, 0) is 9.47 Å².